The van der Waals surface area contributed by atoms with Gasteiger partial charge in [0.2, 0.25) is 0 Å². The molecule has 0 unspecified atom stereocenters. The highest BCUT2D eigenvalue weighted by Crippen LogP contribution is 2.25. The average molecular weight is 382 g/mol. The first-order valence-corrected chi connectivity index (χ1v) is 8.18. The zero-order chi connectivity index (χ0) is 20.3. The summed E-state index contributed by atoms with van der Waals surface area (Å²) in [5, 5.41) is 13.5. The van der Waals surface area contributed by atoms with Crippen molar-refractivity contribution >= 4 is 17.3 Å². The number of hydrogen-bond donors (Lipinski definition) is 1. The minimum Gasteiger partial charge on any atom is -0.421 e. The molecule has 0 spiro atoms. The summed E-state index contributed by atoms with van der Waals surface area (Å²) in [6.07, 6.45) is 0. The Morgan fingerprint density at radius 1 is 1.11 bits per heavy atom. The van der Waals surface area contributed by atoms with Crippen LogP contribution in [0.15, 0.2) is 48.5 Å². The van der Waals surface area contributed by atoms with E-state index in [4.69, 9.17) is 4.74 Å². The Morgan fingerprint density at radius 2 is 1.79 bits per heavy atom. The van der Waals surface area contributed by atoms with E-state index in [1.807, 2.05) is 0 Å². The maximum absolute atomic E-state index is 13.7. The number of anilines is 1. The molecule has 0 atom stereocenters. The fourth-order valence-corrected chi connectivity index (χ4v) is 2.48. The van der Waals surface area contributed by atoms with Gasteiger partial charge in [0.25, 0.3) is 11.6 Å². The predicted octanol–water partition coefficient (Wildman–Crippen LogP) is 4.19. The number of para-hydroxylation sites is 1. The van der Waals surface area contributed by atoms with Gasteiger partial charge in [-0.15, -0.1) is 0 Å². The molecule has 0 bridgehead atoms. The second-order valence-corrected chi connectivity index (χ2v) is 5.85. The fraction of sp³-hybridized carbons (Fsp3) is 0.105. The van der Waals surface area contributed by atoms with Crippen LogP contribution in [-0.4, -0.2) is 20.8 Å². The van der Waals surface area contributed by atoms with Gasteiger partial charge in [-0.05, 0) is 32.0 Å². The molecule has 0 saturated carbocycles. The van der Waals surface area contributed by atoms with E-state index in [0.717, 1.165) is 0 Å². The maximum atomic E-state index is 13.7. The molecule has 0 radical (unpaired) electrons. The zero-order valence-electron chi connectivity index (χ0n) is 15.0. The van der Waals surface area contributed by atoms with Crippen molar-refractivity contribution in [3.8, 4) is 11.8 Å². The SMILES string of the molecule is Cc1nc(Oc2ccccc2F)nc(C)c1NC(=O)c1cccc([N+](=O)[O-])c1. The van der Waals surface area contributed by atoms with Crippen molar-refractivity contribution in [2.24, 2.45) is 0 Å². The van der Waals surface area contributed by atoms with E-state index in [-0.39, 0.29) is 23.0 Å². The summed E-state index contributed by atoms with van der Waals surface area (Å²) in [7, 11) is 0. The number of aromatic nitrogens is 2. The third kappa shape index (κ3) is 4.09. The van der Waals surface area contributed by atoms with Gasteiger partial charge in [-0.2, -0.15) is 9.97 Å². The van der Waals surface area contributed by atoms with Gasteiger partial charge in [0.05, 0.1) is 22.0 Å². The van der Waals surface area contributed by atoms with E-state index >= 15 is 0 Å². The van der Waals surface area contributed by atoms with Gasteiger partial charge >= 0.3 is 6.01 Å². The standard InChI is InChI=1S/C19H15FN4O4/c1-11-17(23-18(25)13-6-5-7-14(10-13)24(26)27)12(2)22-19(21-11)28-16-9-4-3-8-15(16)20/h3-10H,1-2H3,(H,23,25). The quantitative estimate of drug-likeness (QED) is 0.524. The number of benzene rings is 2. The van der Waals surface area contributed by atoms with Gasteiger partial charge in [0, 0.05) is 17.7 Å². The number of rotatable bonds is 5. The molecule has 28 heavy (non-hydrogen) atoms. The molecule has 3 rings (SSSR count). The number of carbonyl (C=O) groups excluding carboxylic acids is 1. The number of amides is 1. The lowest BCUT2D eigenvalue weighted by molar-refractivity contribution is -0.384. The summed E-state index contributed by atoms with van der Waals surface area (Å²) in [6, 6.07) is 11.1. The Hall–Kier alpha value is -3.88. The van der Waals surface area contributed by atoms with Crippen LogP contribution in [0.25, 0.3) is 0 Å². The molecule has 8 nitrogen and oxygen atoms in total. The smallest absolute Gasteiger partial charge is 0.322 e. The van der Waals surface area contributed by atoms with E-state index in [9.17, 15) is 19.3 Å². The molecule has 9 heteroatoms. The zero-order valence-corrected chi connectivity index (χ0v) is 15.0. The molecule has 0 fully saturated rings. The molecule has 0 aliphatic carbocycles. The van der Waals surface area contributed by atoms with Crippen LogP contribution in [0.5, 0.6) is 11.8 Å². The van der Waals surface area contributed by atoms with Crippen molar-refractivity contribution in [3.05, 3.63) is 81.4 Å². The molecule has 1 N–H and O–H groups in total. The van der Waals surface area contributed by atoms with E-state index < -0.39 is 16.6 Å². The van der Waals surface area contributed by atoms with Crippen molar-refractivity contribution < 1.29 is 18.8 Å². The van der Waals surface area contributed by atoms with Gasteiger partial charge in [0.15, 0.2) is 11.6 Å². The summed E-state index contributed by atoms with van der Waals surface area (Å²) in [5.74, 6) is -1.11. The number of carbonyl (C=O) groups is 1. The van der Waals surface area contributed by atoms with Crippen LogP contribution in [0.1, 0.15) is 21.7 Å². The Bertz CT molecular complexity index is 1050. The third-order valence-corrected chi connectivity index (χ3v) is 3.85. The third-order valence-electron chi connectivity index (χ3n) is 3.85. The first-order chi connectivity index (χ1) is 13.3. The summed E-state index contributed by atoms with van der Waals surface area (Å²) in [4.78, 5) is 31.0. The van der Waals surface area contributed by atoms with E-state index in [1.54, 1.807) is 19.9 Å². The van der Waals surface area contributed by atoms with Gasteiger partial charge in [0.1, 0.15) is 0 Å². The fourth-order valence-electron chi connectivity index (χ4n) is 2.48. The van der Waals surface area contributed by atoms with Crippen molar-refractivity contribution in [2.45, 2.75) is 13.8 Å². The molecule has 0 aliphatic heterocycles. The molecule has 0 saturated heterocycles. The summed E-state index contributed by atoms with van der Waals surface area (Å²) >= 11 is 0. The molecule has 3 aromatic rings. The molecule has 1 aromatic heterocycles. The van der Waals surface area contributed by atoms with Crippen LogP contribution in [0.3, 0.4) is 0 Å². The van der Waals surface area contributed by atoms with Crippen LogP contribution in [0.2, 0.25) is 0 Å². The predicted molar refractivity (Wildman–Crippen MR) is 99.0 cm³/mol. The molecule has 1 amide bonds. The van der Waals surface area contributed by atoms with E-state index in [1.165, 1.54) is 42.5 Å². The second-order valence-electron chi connectivity index (χ2n) is 5.85. The van der Waals surface area contributed by atoms with Gasteiger partial charge in [-0.25, -0.2) is 4.39 Å². The number of nitro groups is 1. The van der Waals surface area contributed by atoms with Crippen LogP contribution in [0, 0.1) is 29.8 Å². The number of non-ortho nitro benzene ring substituents is 1. The lowest BCUT2D eigenvalue weighted by Gasteiger charge is -2.12. The first-order valence-electron chi connectivity index (χ1n) is 8.18. The summed E-state index contributed by atoms with van der Waals surface area (Å²) < 4.78 is 19.1. The first kappa shape index (κ1) is 18.9. The Kier molecular flexibility index (Phi) is 5.25. The van der Waals surface area contributed by atoms with Crippen LogP contribution < -0.4 is 10.1 Å². The van der Waals surface area contributed by atoms with Gasteiger partial charge in [-0.1, -0.05) is 18.2 Å². The normalized spacial score (nSPS) is 10.4. The number of nitrogens with one attached hydrogen (secondary N) is 1. The monoisotopic (exact) mass is 382 g/mol. The highest BCUT2D eigenvalue weighted by atomic mass is 19.1. The topological polar surface area (TPSA) is 107 Å². The summed E-state index contributed by atoms with van der Waals surface area (Å²) in [6.45, 7) is 3.26. The highest BCUT2D eigenvalue weighted by molar-refractivity contribution is 6.05. The van der Waals surface area contributed by atoms with Crippen LogP contribution >= 0.6 is 0 Å². The second kappa shape index (κ2) is 7.78. The van der Waals surface area contributed by atoms with Crippen LogP contribution in [0.4, 0.5) is 15.8 Å². The molecular weight excluding hydrogens is 367 g/mol. The summed E-state index contributed by atoms with van der Waals surface area (Å²) in [5.41, 5.74) is 1.08. The molecule has 0 aliphatic rings. The number of aryl methyl sites for hydroxylation is 2. The maximum Gasteiger partial charge on any atom is 0.322 e. The molecule has 2 aromatic carbocycles. The lowest BCUT2D eigenvalue weighted by Crippen LogP contribution is -2.15. The minimum absolute atomic E-state index is 0.0188. The van der Waals surface area contributed by atoms with Crippen molar-refractivity contribution in [3.63, 3.8) is 0 Å². The van der Waals surface area contributed by atoms with Crippen molar-refractivity contribution in [2.75, 3.05) is 5.32 Å². The number of nitrogens with zero attached hydrogens (tertiary/aromatic N) is 3. The average Bonchev–Trinajstić information content (AvgIpc) is 2.66. The van der Waals surface area contributed by atoms with Crippen molar-refractivity contribution in [1.82, 2.24) is 9.97 Å². The largest absolute Gasteiger partial charge is 0.421 e. The molecule has 1 heterocycles. The highest BCUT2D eigenvalue weighted by Gasteiger charge is 2.16. The van der Waals surface area contributed by atoms with E-state index in [0.29, 0.717) is 17.1 Å². The Labute approximate surface area is 159 Å². The molecular formula is C19H15FN4O4. The minimum atomic E-state index is -0.578. The Morgan fingerprint density at radius 3 is 2.43 bits per heavy atom. The number of hydrogen-bond acceptors (Lipinski definition) is 6. The Balaban J connectivity index is 1.83. The number of halogens is 1. The number of ether oxygens (including phenoxy) is 1. The molecule has 142 valence electrons. The number of nitro benzene ring substituents is 1. The van der Waals surface area contributed by atoms with Gasteiger partial charge in [-0.3, -0.25) is 14.9 Å². The lowest BCUT2D eigenvalue weighted by atomic mass is 10.2. The van der Waals surface area contributed by atoms with Crippen molar-refractivity contribution in [1.29, 1.82) is 0 Å². The van der Waals surface area contributed by atoms with Crippen LogP contribution in [-0.2, 0) is 0 Å². The van der Waals surface area contributed by atoms with E-state index in [2.05, 4.69) is 15.3 Å². The van der Waals surface area contributed by atoms with Gasteiger partial charge < -0.3 is 10.1 Å².